The van der Waals surface area contributed by atoms with Crippen LogP contribution in [0.1, 0.15) is 37.4 Å². The fraction of sp³-hybridized carbons (Fsp3) is 0.381. The molecule has 0 aliphatic carbocycles. The first-order valence-corrected chi connectivity index (χ1v) is 11.3. The van der Waals surface area contributed by atoms with Gasteiger partial charge < -0.3 is 9.84 Å². The van der Waals surface area contributed by atoms with E-state index in [-0.39, 0.29) is 18.3 Å². The molecule has 1 atom stereocenters. The van der Waals surface area contributed by atoms with Crippen LogP contribution in [0.4, 0.5) is 10.3 Å². The molecule has 0 aliphatic rings. The number of aromatic nitrogens is 2. The first kappa shape index (κ1) is 24.4. The number of carbonyl (C=O) groups excluding carboxylic acids is 1. The minimum atomic E-state index is -3.62. The molecular weight excluding hydrogens is 425 g/mol. The minimum absolute atomic E-state index is 0.0298. The number of anilines is 1. The Morgan fingerprint density at radius 2 is 1.87 bits per heavy atom. The summed E-state index contributed by atoms with van der Waals surface area (Å²) in [5.41, 5.74) is 1.96. The summed E-state index contributed by atoms with van der Waals surface area (Å²) < 4.78 is 43.1. The van der Waals surface area contributed by atoms with Crippen molar-refractivity contribution in [2.24, 2.45) is 0 Å². The van der Waals surface area contributed by atoms with Gasteiger partial charge in [-0.15, -0.1) is 0 Å². The smallest absolute Gasteiger partial charge is 0.308 e. The molecule has 0 saturated carbocycles. The molecule has 0 bridgehead atoms. The second-order valence-corrected chi connectivity index (χ2v) is 9.28. The standard InChI is InChI=1S/C21H26FN3O5S/c1-13(2)19-17(11-10-16(26)12-18(27)30-4)20(14-6-8-15(22)9-7-14)24-21(23-19)25(3)31(5,28)29/h6-11,13,16,26H,12H2,1-5H3. The van der Waals surface area contributed by atoms with Crippen LogP contribution < -0.4 is 4.31 Å². The van der Waals surface area contributed by atoms with Gasteiger partial charge in [0.05, 0.1) is 37.3 Å². The maximum absolute atomic E-state index is 13.5. The molecule has 0 radical (unpaired) electrons. The Balaban J connectivity index is 2.70. The van der Waals surface area contributed by atoms with E-state index in [0.29, 0.717) is 22.5 Å². The van der Waals surface area contributed by atoms with Gasteiger partial charge in [-0.1, -0.05) is 26.0 Å². The lowest BCUT2D eigenvalue weighted by atomic mass is 9.97. The van der Waals surface area contributed by atoms with Crippen LogP contribution in [-0.2, 0) is 19.6 Å². The van der Waals surface area contributed by atoms with Gasteiger partial charge in [-0.3, -0.25) is 4.79 Å². The zero-order valence-corrected chi connectivity index (χ0v) is 18.9. The molecule has 31 heavy (non-hydrogen) atoms. The first-order valence-electron chi connectivity index (χ1n) is 9.48. The largest absolute Gasteiger partial charge is 0.469 e. The van der Waals surface area contributed by atoms with Crippen molar-refractivity contribution in [2.75, 3.05) is 24.7 Å². The molecular formula is C21H26FN3O5S. The summed E-state index contributed by atoms with van der Waals surface area (Å²) in [5.74, 6) is -1.16. The van der Waals surface area contributed by atoms with Crippen molar-refractivity contribution in [1.82, 2.24) is 9.97 Å². The molecule has 8 nitrogen and oxygen atoms in total. The molecule has 0 spiro atoms. The average Bonchev–Trinajstić information content (AvgIpc) is 2.70. The van der Waals surface area contributed by atoms with E-state index in [1.54, 1.807) is 6.08 Å². The quantitative estimate of drug-likeness (QED) is 0.615. The number of hydrogen-bond donors (Lipinski definition) is 1. The number of aliphatic hydroxyl groups is 1. The summed E-state index contributed by atoms with van der Waals surface area (Å²) in [5, 5.41) is 10.1. The fourth-order valence-corrected chi connectivity index (χ4v) is 3.10. The summed E-state index contributed by atoms with van der Waals surface area (Å²) in [6.45, 7) is 3.76. The lowest BCUT2D eigenvalue weighted by Crippen LogP contribution is -2.27. The van der Waals surface area contributed by atoms with Gasteiger partial charge in [0.15, 0.2) is 0 Å². The Morgan fingerprint density at radius 3 is 2.39 bits per heavy atom. The van der Waals surface area contributed by atoms with E-state index in [2.05, 4.69) is 14.7 Å². The van der Waals surface area contributed by atoms with Gasteiger partial charge >= 0.3 is 5.97 Å². The van der Waals surface area contributed by atoms with Crippen molar-refractivity contribution in [2.45, 2.75) is 32.3 Å². The van der Waals surface area contributed by atoms with Crippen LogP contribution in [0.5, 0.6) is 0 Å². The van der Waals surface area contributed by atoms with E-state index in [0.717, 1.165) is 10.6 Å². The number of halogens is 1. The maximum Gasteiger partial charge on any atom is 0.308 e. The van der Waals surface area contributed by atoms with Crippen molar-refractivity contribution in [3.8, 4) is 11.3 Å². The van der Waals surface area contributed by atoms with Gasteiger partial charge in [0, 0.05) is 18.2 Å². The third kappa shape index (κ3) is 6.31. The number of hydrogen-bond acceptors (Lipinski definition) is 7. The van der Waals surface area contributed by atoms with E-state index in [1.807, 2.05) is 13.8 Å². The number of carbonyl (C=O) groups is 1. The summed E-state index contributed by atoms with van der Waals surface area (Å²) in [6, 6.07) is 5.58. The molecule has 2 aromatic rings. The van der Waals surface area contributed by atoms with Gasteiger partial charge in [-0.25, -0.2) is 27.1 Å². The SMILES string of the molecule is COC(=O)CC(O)C=Cc1c(-c2ccc(F)cc2)nc(N(C)S(C)(=O)=O)nc1C(C)C. The highest BCUT2D eigenvalue weighted by atomic mass is 32.2. The van der Waals surface area contributed by atoms with E-state index in [1.165, 1.54) is 44.5 Å². The molecule has 0 amide bonds. The third-order valence-corrected chi connectivity index (χ3v) is 5.65. The average molecular weight is 452 g/mol. The minimum Gasteiger partial charge on any atom is -0.469 e. The van der Waals surface area contributed by atoms with Crippen molar-refractivity contribution >= 4 is 28.0 Å². The lowest BCUT2D eigenvalue weighted by Gasteiger charge is -2.20. The van der Waals surface area contributed by atoms with Crippen molar-refractivity contribution in [3.05, 3.63) is 47.4 Å². The molecule has 10 heteroatoms. The molecule has 168 valence electrons. The summed E-state index contributed by atoms with van der Waals surface area (Å²) in [7, 11) is -1.04. The first-order chi connectivity index (χ1) is 14.4. The zero-order chi connectivity index (χ0) is 23.3. The van der Waals surface area contributed by atoms with E-state index < -0.39 is 27.9 Å². The normalized spacial score (nSPS) is 12.9. The molecule has 0 fully saturated rings. The molecule has 1 aromatic carbocycles. The molecule has 1 aromatic heterocycles. The monoisotopic (exact) mass is 451 g/mol. The number of benzene rings is 1. The maximum atomic E-state index is 13.5. The Hall–Kier alpha value is -2.85. The Labute approximate surface area is 181 Å². The molecule has 0 aliphatic heterocycles. The summed E-state index contributed by atoms with van der Waals surface area (Å²) in [6.07, 6.45) is 2.69. The number of aliphatic hydroxyl groups excluding tert-OH is 1. The lowest BCUT2D eigenvalue weighted by molar-refractivity contribution is -0.142. The second kappa shape index (κ2) is 9.97. The molecule has 1 heterocycles. The van der Waals surface area contributed by atoms with Crippen LogP contribution >= 0.6 is 0 Å². The van der Waals surface area contributed by atoms with Gasteiger partial charge in [-0.2, -0.15) is 0 Å². The van der Waals surface area contributed by atoms with Crippen molar-refractivity contribution in [3.63, 3.8) is 0 Å². The number of nitrogens with zero attached hydrogens (tertiary/aromatic N) is 3. The Morgan fingerprint density at radius 1 is 1.26 bits per heavy atom. The van der Waals surface area contributed by atoms with E-state index in [4.69, 9.17) is 0 Å². The summed E-state index contributed by atoms with van der Waals surface area (Å²) in [4.78, 5) is 20.3. The van der Waals surface area contributed by atoms with Crippen LogP contribution in [0.3, 0.4) is 0 Å². The topological polar surface area (TPSA) is 110 Å². The van der Waals surface area contributed by atoms with Crippen LogP contribution in [0.25, 0.3) is 17.3 Å². The predicted octanol–water partition coefficient (Wildman–Crippen LogP) is 2.74. The Kier molecular flexibility index (Phi) is 7.85. The van der Waals surface area contributed by atoms with Gasteiger partial charge in [0.1, 0.15) is 5.82 Å². The summed E-state index contributed by atoms with van der Waals surface area (Å²) >= 11 is 0. The Bertz CT molecular complexity index is 1070. The third-order valence-electron chi connectivity index (χ3n) is 4.50. The molecule has 1 unspecified atom stereocenters. The van der Waals surface area contributed by atoms with Crippen molar-refractivity contribution in [1.29, 1.82) is 0 Å². The molecule has 0 saturated heterocycles. The highest BCUT2D eigenvalue weighted by Crippen LogP contribution is 2.31. The van der Waals surface area contributed by atoms with Crippen molar-refractivity contribution < 1.29 is 27.4 Å². The van der Waals surface area contributed by atoms with Crippen LogP contribution in [0.15, 0.2) is 30.3 Å². The second-order valence-electron chi connectivity index (χ2n) is 7.27. The van der Waals surface area contributed by atoms with Crippen LogP contribution in [-0.4, -0.2) is 56.0 Å². The van der Waals surface area contributed by atoms with E-state index in [9.17, 15) is 22.7 Å². The highest BCUT2D eigenvalue weighted by Gasteiger charge is 2.22. The number of ether oxygens (including phenoxy) is 1. The highest BCUT2D eigenvalue weighted by molar-refractivity contribution is 7.92. The predicted molar refractivity (Wildman–Crippen MR) is 116 cm³/mol. The number of methoxy groups -OCH3 is 1. The number of esters is 1. The van der Waals surface area contributed by atoms with Gasteiger partial charge in [0.2, 0.25) is 16.0 Å². The van der Waals surface area contributed by atoms with Gasteiger partial charge in [0.25, 0.3) is 0 Å². The van der Waals surface area contributed by atoms with Gasteiger partial charge in [-0.05, 0) is 30.2 Å². The van der Waals surface area contributed by atoms with Crippen LogP contribution in [0.2, 0.25) is 0 Å². The van der Waals surface area contributed by atoms with E-state index >= 15 is 0 Å². The fourth-order valence-electron chi connectivity index (χ4n) is 2.73. The number of sulfonamides is 1. The molecule has 2 rings (SSSR count). The number of rotatable bonds is 8. The zero-order valence-electron chi connectivity index (χ0n) is 18.0. The van der Waals surface area contributed by atoms with Crippen LogP contribution in [0, 0.1) is 5.82 Å². The molecule has 1 N–H and O–H groups in total.